The van der Waals surface area contributed by atoms with E-state index in [4.69, 9.17) is 4.74 Å². The van der Waals surface area contributed by atoms with E-state index in [0.717, 1.165) is 15.8 Å². The molecule has 0 unspecified atom stereocenters. The predicted octanol–water partition coefficient (Wildman–Crippen LogP) is 3.55. The molecule has 0 aromatic heterocycles. The lowest BCUT2D eigenvalue weighted by molar-refractivity contribution is -0.136. The molecule has 19 heavy (non-hydrogen) atoms. The standard InChI is InChI=1S/C14H14BrNO3/c1-8(2)18-13-5-4-11(15)6-10(13)7-12-9(3)16-19-14(12)17/h4-8H,1-3H3/b12-7-. The van der Waals surface area contributed by atoms with Crippen LogP contribution in [0.3, 0.4) is 0 Å². The van der Waals surface area contributed by atoms with E-state index < -0.39 is 5.97 Å². The number of benzene rings is 1. The van der Waals surface area contributed by atoms with Crippen LogP contribution >= 0.6 is 15.9 Å². The highest BCUT2D eigenvalue weighted by atomic mass is 79.9. The summed E-state index contributed by atoms with van der Waals surface area (Å²) in [5.74, 6) is 0.283. The van der Waals surface area contributed by atoms with E-state index in [-0.39, 0.29) is 6.10 Å². The van der Waals surface area contributed by atoms with Gasteiger partial charge in [-0.25, -0.2) is 4.79 Å². The molecule has 0 spiro atoms. The number of hydrogen-bond acceptors (Lipinski definition) is 4. The zero-order valence-corrected chi connectivity index (χ0v) is 12.5. The Balaban J connectivity index is 2.43. The number of carbonyl (C=O) groups is 1. The summed E-state index contributed by atoms with van der Waals surface area (Å²) < 4.78 is 6.64. The molecule has 5 heteroatoms. The number of rotatable bonds is 3. The molecule has 0 N–H and O–H groups in total. The highest BCUT2D eigenvalue weighted by molar-refractivity contribution is 9.10. The first-order valence-corrected chi connectivity index (χ1v) is 6.71. The number of carbonyl (C=O) groups excluding carboxylic acids is 1. The fraction of sp³-hybridized carbons (Fsp3) is 0.286. The summed E-state index contributed by atoms with van der Waals surface area (Å²) in [5.41, 5.74) is 1.83. The zero-order valence-electron chi connectivity index (χ0n) is 10.9. The third-order valence-corrected chi connectivity index (χ3v) is 3.00. The van der Waals surface area contributed by atoms with E-state index in [1.54, 1.807) is 13.0 Å². The first-order chi connectivity index (χ1) is 8.97. The first kappa shape index (κ1) is 13.8. The molecular weight excluding hydrogens is 310 g/mol. The SMILES string of the molecule is CC1=NOC(=O)/C1=C\c1cc(Br)ccc1OC(C)C. The Kier molecular flexibility index (Phi) is 4.04. The number of nitrogens with zero attached hydrogens (tertiary/aromatic N) is 1. The van der Waals surface area contributed by atoms with Crippen molar-refractivity contribution in [2.45, 2.75) is 26.9 Å². The maximum absolute atomic E-state index is 11.5. The lowest BCUT2D eigenvalue weighted by Crippen LogP contribution is -2.07. The van der Waals surface area contributed by atoms with E-state index in [0.29, 0.717) is 11.3 Å². The Hall–Kier alpha value is -1.62. The van der Waals surface area contributed by atoms with Gasteiger partial charge in [-0.1, -0.05) is 21.1 Å². The number of oxime groups is 1. The molecule has 0 bridgehead atoms. The van der Waals surface area contributed by atoms with Crippen LogP contribution in [-0.2, 0) is 9.63 Å². The van der Waals surface area contributed by atoms with E-state index in [9.17, 15) is 4.79 Å². The Morgan fingerprint density at radius 2 is 2.16 bits per heavy atom. The van der Waals surface area contributed by atoms with Crippen molar-refractivity contribution < 1.29 is 14.4 Å². The fourth-order valence-corrected chi connectivity index (χ4v) is 2.05. The number of hydrogen-bond donors (Lipinski definition) is 0. The second kappa shape index (κ2) is 5.57. The van der Waals surface area contributed by atoms with Gasteiger partial charge in [-0.05, 0) is 45.0 Å². The Labute approximate surface area is 120 Å². The van der Waals surface area contributed by atoms with Gasteiger partial charge < -0.3 is 9.57 Å². The Morgan fingerprint density at radius 1 is 1.42 bits per heavy atom. The largest absolute Gasteiger partial charge is 0.490 e. The Bertz CT molecular complexity index is 576. The van der Waals surface area contributed by atoms with Crippen molar-refractivity contribution in [1.82, 2.24) is 0 Å². The molecule has 2 rings (SSSR count). The highest BCUT2D eigenvalue weighted by Gasteiger charge is 2.22. The molecule has 0 saturated heterocycles. The van der Waals surface area contributed by atoms with Gasteiger partial charge in [0.25, 0.3) is 0 Å². The Morgan fingerprint density at radius 3 is 2.74 bits per heavy atom. The van der Waals surface area contributed by atoms with Crippen molar-refractivity contribution in [3.05, 3.63) is 33.8 Å². The molecule has 0 saturated carbocycles. The molecule has 100 valence electrons. The first-order valence-electron chi connectivity index (χ1n) is 5.91. The van der Waals surface area contributed by atoms with E-state index in [2.05, 4.69) is 25.9 Å². The van der Waals surface area contributed by atoms with Crippen LogP contribution in [-0.4, -0.2) is 17.8 Å². The molecule has 4 nitrogen and oxygen atoms in total. The molecule has 1 aliphatic rings. The van der Waals surface area contributed by atoms with Crippen LogP contribution in [0.25, 0.3) is 6.08 Å². The number of halogens is 1. The van der Waals surface area contributed by atoms with Crippen LogP contribution in [0.1, 0.15) is 26.3 Å². The topological polar surface area (TPSA) is 47.9 Å². The van der Waals surface area contributed by atoms with Gasteiger partial charge in [0.1, 0.15) is 5.75 Å². The van der Waals surface area contributed by atoms with E-state index >= 15 is 0 Å². The van der Waals surface area contributed by atoms with Crippen molar-refractivity contribution >= 4 is 33.7 Å². The molecule has 0 aliphatic carbocycles. The van der Waals surface area contributed by atoms with Gasteiger partial charge in [-0.3, -0.25) is 0 Å². The minimum Gasteiger partial charge on any atom is -0.490 e. The van der Waals surface area contributed by atoms with Gasteiger partial charge in [0.2, 0.25) is 0 Å². The quantitative estimate of drug-likeness (QED) is 0.631. The molecule has 1 aromatic rings. The second-order valence-corrected chi connectivity index (χ2v) is 5.38. The third-order valence-electron chi connectivity index (χ3n) is 2.51. The van der Waals surface area contributed by atoms with E-state index in [1.165, 1.54) is 0 Å². The van der Waals surface area contributed by atoms with Crippen molar-refractivity contribution in [3.63, 3.8) is 0 Å². The van der Waals surface area contributed by atoms with Crippen LogP contribution in [0, 0.1) is 0 Å². The van der Waals surface area contributed by atoms with E-state index in [1.807, 2.05) is 32.0 Å². The normalized spacial score (nSPS) is 16.8. The van der Waals surface area contributed by atoms with Gasteiger partial charge in [0, 0.05) is 10.0 Å². The summed E-state index contributed by atoms with van der Waals surface area (Å²) in [6.07, 6.45) is 1.79. The van der Waals surface area contributed by atoms with Crippen LogP contribution in [0.2, 0.25) is 0 Å². The highest BCUT2D eigenvalue weighted by Crippen LogP contribution is 2.27. The summed E-state index contributed by atoms with van der Waals surface area (Å²) in [4.78, 5) is 16.2. The lowest BCUT2D eigenvalue weighted by atomic mass is 10.1. The molecular formula is C14H14BrNO3. The predicted molar refractivity (Wildman–Crippen MR) is 77.1 cm³/mol. The van der Waals surface area contributed by atoms with Crippen molar-refractivity contribution in [2.75, 3.05) is 0 Å². The molecule has 0 atom stereocenters. The maximum Gasteiger partial charge on any atom is 0.367 e. The minimum absolute atomic E-state index is 0.0589. The summed E-state index contributed by atoms with van der Waals surface area (Å²) in [6.45, 7) is 5.64. The zero-order chi connectivity index (χ0) is 14.0. The maximum atomic E-state index is 11.5. The van der Waals surface area contributed by atoms with Gasteiger partial charge in [-0.15, -0.1) is 0 Å². The van der Waals surface area contributed by atoms with Crippen molar-refractivity contribution in [1.29, 1.82) is 0 Å². The van der Waals surface area contributed by atoms with Gasteiger partial charge in [0.15, 0.2) is 0 Å². The van der Waals surface area contributed by atoms with Gasteiger partial charge >= 0.3 is 5.97 Å². The summed E-state index contributed by atoms with van der Waals surface area (Å²) in [7, 11) is 0. The molecule has 0 radical (unpaired) electrons. The summed E-state index contributed by atoms with van der Waals surface area (Å²) in [6, 6.07) is 5.65. The minimum atomic E-state index is -0.437. The van der Waals surface area contributed by atoms with Crippen LogP contribution < -0.4 is 4.74 Å². The lowest BCUT2D eigenvalue weighted by Gasteiger charge is -2.13. The third kappa shape index (κ3) is 3.23. The summed E-state index contributed by atoms with van der Waals surface area (Å²) in [5, 5.41) is 3.65. The fourth-order valence-electron chi connectivity index (χ4n) is 1.67. The van der Waals surface area contributed by atoms with Crippen LogP contribution in [0.5, 0.6) is 5.75 Å². The summed E-state index contributed by atoms with van der Waals surface area (Å²) >= 11 is 3.41. The van der Waals surface area contributed by atoms with Crippen molar-refractivity contribution in [3.8, 4) is 5.75 Å². The van der Waals surface area contributed by atoms with Gasteiger partial charge in [-0.2, -0.15) is 0 Å². The van der Waals surface area contributed by atoms with Crippen molar-refractivity contribution in [2.24, 2.45) is 5.16 Å². The van der Waals surface area contributed by atoms with Crippen LogP contribution in [0.15, 0.2) is 33.4 Å². The molecule has 1 heterocycles. The molecule has 0 amide bonds. The average Bonchev–Trinajstić information content (AvgIpc) is 2.64. The average molecular weight is 324 g/mol. The molecule has 1 aromatic carbocycles. The monoisotopic (exact) mass is 323 g/mol. The molecule has 1 aliphatic heterocycles. The molecule has 0 fully saturated rings. The van der Waals surface area contributed by atoms with Crippen LogP contribution in [0.4, 0.5) is 0 Å². The number of ether oxygens (including phenoxy) is 1. The smallest absolute Gasteiger partial charge is 0.367 e. The van der Waals surface area contributed by atoms with Gasteiger partial charge in [0.05, 0.1) is 17.4 Å². The second-order valence-electron chi connectivity index (χ2n) is 4.46.